The summed E-state index contributed by atoms with van der Waals surface area (Å²) in [7, 11) is 1.95. The summed E-state index contributed by atoms with van der Waals surface area (Å²) in [5, 5.41) is 3.29. The quantitative estimate of drug-likeness (QED) is 0.813. The molecule has 0 spiro atoms. The summed E-state index contributed by atoms with van der Waals surface area (Å²) in [6.45, 7) is 4.57. The molecule has 1 aromatic heterocycles. The molecule has 96 valence electrons. The highest BCUT2D eigenvalue weighted by atomic mass is 16.7. The number of nitrogens with one attached hydrogen (secondary N) is 1. The van der Waals surface area contributed by atoms with E-state index in [0.29, 0.717) is 13.2 Å². The van der Waals surface area contributed by atoms with Crippen molar-refractivity contribution < 1.29 is 9.47 Å². The summed E-state index contributed by atoms with van der Waals surface area (Å²) in [5.41, 5.74) is 0. The highest BCUT2D eigenvalue weighted by Gasteiger charge is 2.24. The van der Waals surface area contributed by atoms with Crippen molar-refractivity contribution in [2.45, 2.75) is 38.6 Å². The highest BCUT2D eigenvalue weighted by molar-refractivity contribution is 4.99. The van der Waals surface area contributed by atoms with Crippen LogP contribution in [-0.4, -0.2) is 36.1 Å². The maximum absolute atomic E-state index is 5.48. The third-order valence-corrected chi connectivity index (χ3v) is 2.99. The Bertz CT molecular complexity index is 334. The highest BCUT2D eigenvalue weighted by Crippen LogP contribution is 2.21. The Morgan fingerprint density at radius 3 is 2.94 bits per heavy atom. The number of nitrogens with zero attached hydrogens (tertiary/aromatic N) is 2. The topological polar surface area (TPSA) is 48.3 Å². The first-order valence-electron chi connectivity index (χ1n) is 6.26. The van der Waals surface area contributed by atoms with Crippen LogP contribution in [0.4, 0.5) is 0 Å². The maximum Gasteiger partial charge on any atom is 0.159 e. The predicted molar refractivity (Wildman–Crippen MR) is 64.6 cm³/mol. The van der Waals surface area contributed by atoms with E-state index in [2.05, 4.69) is 21.8 Å². The van der Waals surface area contributed by atoms with Gasteiger partial charge in [-0.1, -0.05) is 6.92 Å². The fraction of sp³-hybridized carbons (Fsp3) is 0.750. The molecule has 1 N–H and O–H groups in total. The minimum Gasteiger partial charge on any atom is -0.350 e. The summed E-state index contributed by atoms with van der Waals surface area (Å²) >= 11 is 0. The van der Waals surface area contributed by atoms with Crippen LogP contribution in [-0.2, 0) is 16.0 Å². The Balaban J connectivity index is 2.02. The zero-order valence-corrected chi connectivity index (χ0v) is 10.6. The lowest BCUT2D eigenvalue weighted by molar-refractivity contribution is -0.0532. The van der Waals surface area contributed by atoms with Gasteiger partial charge >= 0.3 is 0 Å². The number of imidazole rings is 1. The van der Waals surface area contributed by atoms with Crippen molar-refractivity contribution in [3.8, 4) is 0 Å². The van der Waals surface area contributed by atoms with Crippen molar-refractivity contribution in [3.63, 3.8) is 0 Å². The standard InChI is InChI=1S/C12H21N3O2/c1-3-5-15-6-4-14-12(15)10(13-2)9-11-16-7-8-17-11/h4,6,10-11,13H,3,5,7-9H2,1-2H3. The minimum absolute atomic E-state index is 0.0979. The molecule has 0 saturated carbocycles. The van der Waals surface area contributed by atoms with E-state index in [-0.39, 0.29) is 12.3 Å². The van der Waals surface area contributed by atoms with Gasteiger partial charge in [0.15, 0.2) is 6.29 Å². The zero-order chi connectivity index (χ0) is 12.1. The molecule has 0 bridgehead atoms. The van der Waals surface area contributed by atoms with Crippen LogP contribution >= 0.6 is 0 Å². The summed E-state index contributed by atoms with van der Waals surface area (Å²) < 4.78 is 13.2. The van der Waals surface area contributed by atoms with Gasteiger partial charge in [0, 0.05) is 25.4 Å². The molecule has 1 unspecified atom stereocenters. The van der Waals surface area contributed by atoms with E-state index in [1.165, 1.54) is 0 Å². The van der Waals surface area contributed by atoms with Crippen molar-refractivity contribution in [1.29, 1.82) is 0 Å². The Kier molecular flexibility index (Phi) is 4.53. The van der Waals surface area contributed by atoms with Gasteiger partial charge in [0.05, 0.1) is 19.3 Å². The zero-order valence-electron chi connectivity index (χ0n) is 10.6. The number of hydrogen-bond donors (Lipinski definition) is 1. The third-order valence-electron chi connectivity index (χ3n) is 2.99. The maximum atomic E-state index is 5.48. The summed E-state index contributed by atoms with van der Waals surface area (Å²) in [5.74, 6) is 1.06. The molecular formula is C12H21N3O2. The molecule has 2 rings (SSSR count). The van der Waals surface area contributed by atoms with Crippen LogP contribution in [0.15, 0.2) is 12.4 Å². The number of rotatable bonds is 6. The van der Waals surface area contributed by atoms with E-state index in [0.717, 1.165) is 25.2 Å². The molecule has 17 heavy (non-hydrogen) atoms. The molecule has 5 nitrogen and oxygen atoms in total. The smallest absolute Gasteiger partial charge is 0.159 e. The third kappa shape index (κ3) is 3.06. The molecule has 5 heteroatoms. The van der Waals surface area contributed by atoms with Crippen LogP contribution in [0, 0.1) is 0 Å². The van der Waals surface area contributed by atoms with Crippen molar-refractivity contribution in [2.24, 2.45) is 0 Å². The van der Waals surface area contributed by atoms with Gasteiger partial charge in [-0.25, -0.2) is 4.98 Å². The second-order valence-corrected chi connectivity index (χ2v) is 4.23. The average Bonchev–Trinajstić information content (AvgIpc) is 2.97. The molecule has 1 aromatic rings. The van der Waals surface area contributed by atoms with Gasteiger partial charge < -0.3 is 19.4 Å². The van der Waals surface area contributed by atoms with E-state index in [4.69, 9.17) is 9.47 Å². The van der Waals surface area contributed by atoms with Gasteiger partial charge in [-0.15, -0.1) is 0 Å². The van der Waals surface area contributed by atoms with Gasteiger partial charge in [-0.05, 0) is 13.5 Å². The molecule has 0 aromatic carbocycles. The Morgan fingerprint density at radius 1 is 1.53 bits per heavy atom. The van der Waals surface area contributed by atoms with E-state index in [1.54, 1.807) is 0 Å². The van der Waals surface area contributed by atoms with Crippen molar-refractivity contribution in [1.82, 2.24) is 14.9 Å². The van der Waals surface area contributed by atoms with Crippen LogP contribution in [0.25, 0.3) is 0 Å². The first-order chi connectivity index (χ1) is 8.35. The summed E-state index contributed by atoms with van der Waals surface area (Å²) in [4.78, 5) is 4.44. The van der Waals surface area contributed by atoms with Gasteiger partial charge in [-0.3, -0.25) is 0 Å². The number of aryl methyl sites for hydroxylation is 1. The number of hydrogen-bond acceptors (Lipinski definition) is 4. The van der Waals surface area contributed by atoms with Crippen molar-refractivity contribution >= 4 is 0 Å². The Morgan fingerprint density at radius 2 is 2.29 bits per heavy atom. The molecule has 2 heterocycles. The van der Waals surface area contributed by atoms with Gasteiger partial charge in [-0.2, -0.15) is 0 Å². The first kappa shape index (κ1) is 12.5. The molecular weight excluding hydrogens is 218 g/mol. The average molecular weight is 239 g/mol. The monoisotopic (exact) mass is 239 g/mol. The SMILES string of the molecule is CCCn1ccnc1C(CC1OCCO1)NC. The van der Waals surface area contributed by atoms with Gasteiger partial charge in [0.25, 0.3) is 0 Å². The van der Waals surface area contributed by atoms with Crippen LogP contribution in [0.5, 0.6) is 0 Å². The normalized spacial score (nSPS) is 18.7. The van der Waals surface area contributed by atoms with Crippen molar-refractivity contribution in [2.75, 3.05) is 20.3 Å². The lowest BCUT2D eigenvalue weighted by Gasteiger charge is -2.20. The first-order valence-corrected chi connectivity index (χ1v) is 6.26. The molecule has 1 aliphatic heterocycles. The molecule has 0 amide bonds. The van der Waals surface area contributed by atoms with Crippen LogP contribution in [0.1, 0.15) is 31.6 Å². The van der Waals surface area contributed by atoms with E-state index in [9.17, 15) is 0 Å². The van der Waals surface area contributed by atoms with E-state index in [1.807, 2.05) is 19.4 Å². The number of aromatic nitrogens is 2. The minimum atomic E-state index is -0.0979. The molecule has 1 aliphatic rings. The summed E-state index contributed by atoms with van der Waals surface area (Å²) in [6.07, 6.45) is 5.69. The predicted octanol–water partition coefficient (Wildman–Crippen LogP) is 1.32. The second-order valence-electron chi connectivity index (χ2n) is 4.23. The van der Waals surface area contributed by atoms with Crippen LogP contribution in [0.3, 0.4) is 0 Å². The fourth-order valence-electron chi connectivity index (χ4n) is 2.15. The molecule has 0 aliphatic carbocycles. The molecule has 1 saturated heterocycles. The Labute approximate surface area is 102 Å². The van der Waals surface area contributed by atoms with E-state index >= 15 is 0 Å². The largest absolute Gasteiger partial charge is 0.350 e. The molecule has 1 fully saturated rings. The van der Waals surface area contributed by atoms with Crippen LogP contribution < -0.4 is 5.32 Å². The fourth-order valence-corrected chi connectivity index (χ4v) is 2.15. The Hall–Kier alpha value is -0.910. The lowest BCUT2D eigenvalue weighted by atomic mass is 10.2. The number of ether oxygens (including phenoxy) is 2. The van der Waals surface area contributed by atoms with Gasteiger partial charge in [0.2, 0.25) is 0 Å². The molecule has 0 radical (unpaired) electrons. The van der Waals surface area contributed by atoms with Crippen molar-refractivity contribution in [3.05, 3.63) is 18.2 Å². The van der Waals surface area contributed by atoms with Crippen LogP contribution in [0.2, 0.25) is 0 Å². The summed E-state index contributed by atoms with van der Waals surface area (Å²) in [6, 6.07) is 0.180. The van der Waals surface area contributed by atoms with Gasteiger partial charge in [0.1, 0.15) is 5.82 Å². The lowest BCUT2D eigenvalue weighted by Crippen LogP contribution is -2.26. The van der Waals surface area contributed by atoms with E-state index < -0.39 is 0 Å². The second kappa shape index (κ2) is 6.14. The molecule has 1 atom stereocenters.